The molecular formula is C21H18N2O3. The summed E-state index contributed by atoms with van der Waals surface area (Å²) in [6.07, 6.45) is 2.19. The van der Waals surface area contributed by atoms with E-state index in [1.807, 2.05) is 59.6 Å². The van der Waals surface area contributed by atoms with Gasteiger partial charge in [0.2, 0.25) is 6.23 Å². The number of fused-ring (bicyclic) bond motifs is 3. The molecule has 0 saturated carbocycles. The minimum Gasteiger partial charge on any atom is -0.497 e. The number of nitrogens with zero attached hydrogens (tertiary/aromatic N) is 2. The highest BCUT2D eigenvalue weighted by Crippen LogP contribution is 2.47. The van der Waals surface area contributed by atoms with Crippen molar-refractivity contribution in [2.75, 3.05) is 7.11 Å². The topological polar surface area (TPSA) is 47.2 Å². The molecule has 5 rings (SSSR count). The average molecular weight is 346 g/mol. The van der Waals surface area contributed by atoms with Crippen molar-refractivity contribution in [3.05, 3.63) is 83.8 Å². The molecule has 26 heavy (non-hydrogen) atoms. The van der Waals surface area contributed by atoms with E-state index in [2.05, 4.69) is 6.07 Å². The maximum atomic E-state index is 6.32. The molecule has 0 fully saturated rings. The van der Waals surface area contributed by atoms with Crippen LogP contribution in [0.25, 0.3) is 0 Å². The summed E-state index contributed by atoms with van der Waals surface area (Å²) < 4.78 is 17.2. The number of methoxy groups -OCH3 is 1. The van der Waals surface area contributed by atoms with Crippen molar-refractivity contribution >= 4 is 5.71 Å². The predicted octanol–water partition coefficient (Wildman–Crippen LogP) is 4.53. The Morgan fingerprint density at radius 1 is 1.04 bits per heavy atom. The summed E-state index contributed by atoms with van der Waals surface area (Å²) in [4.78, 5) is 0. The van der Waals surface area contributed by atoms with Crippen LogP contribution in [0.4, 0.5) is 0 Å². The molecular weight excluding hydrogens is 328 g/mol. The third-order valence-electron chi connectivity index (χ3n) is 4.91. The highest BCUT2D eigenvalue weighted by Gasteiger charge is 2.41. The number of benzene rings is 2. The van der Waals surface area contributed by atoms with E-state index in [0.29, 0.717) is 0 Å². The third-order valence-corrected chi connectivity index (χ3v) is 4.91. The van der Waals surface area contributed by atoms with Gasteiger partial charge < -0.3 is 13.9 Å². The Morgan fingerprint density at radius 2 is 1.88 bits per heavy atom. The van der Waals surface area contributed by atoms with Gasteiger partial charge in [-0.05, 0) is 42.5 Å². The van der Waals surface area contributed by atoms with Gasteiger partial charge >= 0.3 is 0 Å². The van der Waals surface area contributed by atoms with E-state index in [4.69, 9.17) is 19.0 Å². The SMILES string of the molecule is COc1ccc([C@H]2Oc3ccccc3[C@@H]3CC(c4ccco4)=NN23)cc1. The molecule has 0 aliphatic carbocycles. The van der Waals surface area contributed by atoms with Crippen molar-refractivity contribution < 1.29 is 13.9 Å². The van der Waals surface area contributed by atoms with Crippen LogP contribution in [0.1, 0.15) is 35.6 Å². The molecule has 0 spiro atoms. The van der Waals surface area contributed by atoms with Gasteiger partial charge in [0, 0.05) is 17.5 Å². The van der Waals surface area contributed by atoms with Gasteiger partial charge in [-0.15, -0.1) is 0 Å². The highest BCUT2D eigenvalue weighted by atomic mass is 16.5. The Balaban J connectivity index is 1.58. The fourth-order valence-corrected chi connectivity index (χ4v) is 3.61. The van der Waals surface area contributed by atoms with Crippen molar-refractivity contribution in [3.63, 3.8) is 0 Å². The van der Waals surface area contributed by atoms with Crippen LogP contribution in [0.2, 0.25) is 0 Å². The molecule has 1 aromatic heterocycles. The van der Waals surface area contributed by atoms with Gasteiger partial charge in [-0.3, -0.25) is 0 Å². The maximum absolute atomic E-state index is 6.32. The minimum atomic E-state index is -0.284. The largest absolute Gasteiger partial charge is 0.497 e. The monoisotopic (exact) mass is 346 g/mol. The summed E-state index contributed by atoms with van der Waals surface area (Å²) >= 11 is 0. The maximum Gasteiger partial charge on any atom is 0.213 e. The number of hydrogen-bond acceptors (Lipinski definition) is 5. The molecule has 2 aliphatic rings. The molecule has 2 aromatic carbocycles. The Hall–Kier alpha value is -3.21. The molecule has 5 nitrogen and oxygen atoms in total. The second-order valence-corrected chi connectivity index (χ2v) is 6.41. The lowest BCUT2D eigenvalue weighted by atomic mass is 9.97. The molecule has 0 saturated heterocycles. The molecule has 2 atom stereocenters. The lowest BCUT2D eigenvalue weighted by Crippen LogP contribution is -2.33. The molecule has 2 aliphatic heterocycles. The quantitative estimate of drug-likeness (QED) is 0.699. The summed E-state index contributed by atoms with van der Waals surface area (Å²) in [6, 6.07) is 20.1. The number of ether oxygens (including phenoxy) is 2. The van der Waals surface area contributed by atoms with Crippen molar-refractivity contribution in [1.29, 1.82) is 0 Å². The number of hydrogen-bond donors (Lipinski definition) is 0. The first kappa shape index (κ1) is 15.1. The zero-order valence-corrected chi connectivity index (χ0v) is 14.3. The van der Waals surface area contributed by atoms with E-state index in [1.54, 1.807) is 13.4 Å². The van der Waals surface area contributed by atoms with Gasteiger partial charge in [-0.25, -0.2) is 5.01 Å². The number of rotatable bonds is 3. The summed E-state index contributed by atoms with van der Waals surface area (Å²) in [5, 5.41) is 6.90. The van der Waals surface area contributed by atoms with Gasteiger partial charge in [0.1, 0.15) is 23.0 Å². The molecule has 0 bridgehead atoms. The highest BCUT2D eigenvalue weighted by molar-refractivity contribution is 5.99. The van der Waals surface area contributed by atoms with Gasteiger partial charge in [0.05, 0.1) is 19.4 Å². The van der Waals surface area contributed by atoms with Crippen LogP contribution in [0.3, 0.4) is 0 Å². The molecule has 0 unspecified atom stereocenters. The van der Waals surface area contributed by atoms with E-state index in [-0.39, 0.29) is 12.3 Å². The van der Waals surface area contributed by atoms with E-state index < -0.39 is 0 Å². The number of furan rings is 1. The molecule has 0 N–H and O–H groups in total. The first-order valence-electron chi connectivity index (χ1n) is 8.63. The summed E-state index contributed by atoms with van der Waals surface area (Å²) in [7, 11) is 1.67. The minimum absolute atomic E-state index is 0.132. The Kier molecular flexibility index (Phi) is 3.45. The average Bonchev–Trinajstić information content (AvgIpc) is 3.37. The van der Waals surface area contributed by atoms with Crippen LogP contribution >= 0.6 is 0 Å². The molecule has 5 heteroatoms. The number of hydrazone groups is 1. The second kappa shape index (κ2) is 5.95. The Bertz CT molecular complexity index is 948. The summed E-state index contributed by atoms with van der Waals surface area (Å²) in [5.74, 6) is 2.54. The standard InChI is InChI=1S/C21H18N2O3/c1-24-15-10-8-14(9-11-15)21-23-18(16-5-2-3-6-19(16)26-21)13-17(22-23)20-7-4-12-25-20/h2-12,18,21H,13H2,1H3/t18-,21+/m0/s1. The molecule has 0 radical (unpaired) electrons. The van der Waals surface area contributed by atoms with Crippen LogP contribution < -0.4 is 9.47 Å². The second-order valence-electron chi connectivity index (χ2n) is 6.41. The fourth-order valence-electron chi connectivity index (χ4n) is 3.61. The zero-order chi connectivity index (χ0) is 17.5. The first-order chi connectivity index (χ1) is 12.8. The molecule has 130 valence electrons. The first-order valence-corrected chi connectivity index (χ1v) is 8.63. The third kappa shape index (κ3) is 2.36. The van der Waals surface area contributed by atoms with Crippen molar-refractivity contribution in [2.45, 2.75) is 18.7 Å². The van der Waals surface area contributed by atoms with Gasteiger partial charge in [0.25, 0.3) is 0 Å². The zero-order valence-electron chi connectivity index (χ0n) is 14.3. The van der Waals surface area contributed by atoms with Crippen molar-refractivity contribution in [2.24, 2.45) is 5.10 Å². The van der Waals surface area contributed by atoms with Crippen LogP contribution in [0.15, 0.2) is 76.4 Å². The van der Waals surface area contributed by atoms with Crippen LogP contribution in [0.5, 0.6) is 11.5 Å². The van der Waals surface area contributed by atoms with Crippen LogP contribution in [-0.4, -0.2) is 17.8 Å². The van der Waals surface area contributed by atoms with Crippen LogP contribution in [0, 0.1) is 0 Å². The summed E-state index contributed by atoms with van der Waals surface area (Å²) in [6.45, 7) is 0. The van der Waals surface area contributed by atoms with Crippen molar-refractivity contribution in [3.8, 4) is 11.5 Å². The normalized spacial score (nSPS) is 20.8. The molecule has 3 aromatic rings. The smallest absolute Gasteiger partial charge is 0.213 e. The predicted molar refractivity (Wildman–Crippen MR) is 97.2 cm³/mol. The van der Waals surface area contributed by atoms with E-state index >= 15 is 0 Å². The lowest BCUT2D eigenvalue weighted by Gasteiger charge is -2.38. The van der Waals surface area contributed by atoms with Gasteiger partial charge in [0.15, 0.2) is 0 Å². The van der Waals surface area contributed by atoms with Crippen LogP contribution in [-0.2, 0) is 0 Å². The summed E-state index contributed by atoms with van der Waals surface area (Å²) in [5.41, 5.74) is 3.14. The van der Waals surface area contributed by atoms with Gasteiger partial charge in [-0.1, -0.05) is 18.2 Å². The number of para-hydroxylation sites is 1. The van der Waals surface area contributed by atoms with Crippen molar-refractivity contribution in [1.82, 2.24) is 5.01 Å². The fraction of sp³-hybridized carbons (Fsp3) is 0.190. The van der Waals surface area contributed by atoms with E-state index in [0.717, 1.165) is 40.5 Å². The Morgan fingerprint density at radius 3 is 2.65 bits per heavy atom. The van der Waals surface area contributed by atoms with E-state index in [9.17, 15) is 0 Å². The lowest BCUT2D eigenvalue weighted by molar-refractivity contribution is -0.0190. The van der Waals surface area contributed by atoms with Gasteiger partial charge in [-0.2, -0.15) is 5.10 Å². The Labute approximate surface area is 151 Å². The molecule has 3 heterocycles. The molecule has 0 amide bonds. The van der Waals surface area contributed by atoms with E-state index in [1.165, 1.54) is 0 Å².